The van der Waals surface area contributed by atoms with Crippen molar-refractivity contribution in [3.63, 3.8) is 0 Å². The SMILES string of the molecule is C[C@@H]1CC(CCOC2CCC(N3C(=S)N(c4ccc(C#N)c(C(F)(F)F)c4)C(=O)C3(C)C)CC2)C[C@H](C)N1CC(=O)Cc1cccc2c(N3CCC(=O)NC3=O)nn(C)c12. The normalized spacial score (nSPS) is 25.2. The molecule has 2 aromatic carbocycles. The lowest BCUT2D eigenvalue weighted by Crippen LogP contribution is -2.51. The van der Waals surface area contributed by atoms with Gasteiger partial charge in [0.1, 0.15) is 5.54 Å². The lowest BCUT2D eigenvalue weighted by atomic mass is 9.84. The molecular weight excluding hydrogens is 798 g/mol. The van der Waals surface area contributed by atoms with E-state index in [1.54, 1.807) is 31.6 Å². The van der Waals surface area contributed by atoms with Crippen LogP contribution < -0.4 is 15.1 Å². The summed E-state index contributed by atoms with van der Waals surface area (Å²) < 4.78 is 49.4. The van der Waals surface area contributed by atoms with Crippen LogP contribution >= 0.6 is 12.2 Å². The highest BCUT2D eigenvalue weighted by molar-refractivity contribution is 7.80. The van der Waals surface area contributed by atoms with Gasteiger partial charge in [-0.2, -0.15) is 23.5 Å². The lowest BCUT2D eigenvalue weighted by Gasteiger charge is -2.43. The maximum absolute atomic E-state index is 13.8. The molecule has 3 saturated heterocycles. The van der Waals surface area contributed by atoms with Crippen LogP contribution in [0.5, 0.6) is 0 Å². The number of nitrogens with one attached hydrogen (secondary N) is 1. The standard InChI is InChI=1S/C43H51F3N8O5S/c1-25-19-27(20-26(2)52(25)24-32(55)21-28-7-6-8-34-37(28)50(5)49-38(34)51-17-15-36(56)48-40(51)58)16-18-59-33-13-11-30(12-14-33)54-41(60)53(39(57)42(54,3)4)31-10-9-29(23-47)35(22-31)43(44,45)46/h6-10,22,25-27,30,33H,11-21,24H2,1-5H3,(H,48,56,58)/t25-,26+,27?,30?,33?. The number of piperidine rings is 1. The number of rotatable bonds is 11. The summed E-state index contributed by atoms with van der Waals surface area (Å²) in [5, 5.41) is 17.1. The molecular formula is C43H51F3N8O5S. The number of carbonyl (C=O) groups is 4. The van der Waals surface area contributed by atoms with Gasteiger partial charge >= 0.3 is 12.2 Å². The molecule has 0 radical (unpaired) electrons. The molecule has 7 rings (SSSR count). The Morgan fingerprint density at radius 1 is 1.07 bits per heavy atom. The van der Waals surface area contributed by atoms with E-state index < -0.39 is 34.8 Å². The lowest BCUT2D eigenvalue weighted by molar-refractivity contribution is -0.137. The molecule has 1 aromatic heterocycles. The van der Waals surface area contributed by atoms with E-state index in [1.807, 2.05) is 23.1 Å². The number of imide groups is 1. The maximum Gasteiger partial charge on any atom is 0.417 e. The second-order valence-corrected chi connectivity index (χ2v) is 17.6. The van der Waals surface area contributed by atoms with Crippen LogP contribution in [0.25, 0.3) is 10.9 Å². The molecule has 13 nitrogen and oxygen atoms in total. The second-order valence-electron chi connectivity index (χ2n) is 17.2. The number of nitriles is 1. The topological polar surface area (TPSA) is 144 Å². The largest absolute Gasteiger partial charge is 0.417 e. The zero-order valence-electron chi connectivity index (χ0n) is 34.6. The Bertz CT molecular complexity index is 2230. The van der Waals surface area contributed by atoms with Crippen molar-refractivity contribution in [2.45, 2.75) is 121 Å². The Morgan fingerprint density at radius 2 is 1.77 bits per heavy atom. The van der Waals surface area contributed by atoms with Gasteiger partial charge in [0, 0.05) is 56.6 Å². The number of ether oxygens (including phenoxy) is 1. The molecule has 4 heterocycles. The average Bonchev–Trinajstić information content (AvgIpc) is 3.61. The Hall–Kier alpha value is -4.92. The number of nitrogens with zero attached hydrogens (tertiary/aromatic N) is 7. The number of para-hydroxylation sites is 1. The molecule has 17 heteroatoms. The van der Waals surface area contributed by atoms with Gasteiger partial charge in [0.2, 0.25) is 5.91 Å². The molecule has 0 bridgehead atoms. The second kappa shape index (κ2) is 16.9. The Morgan fingerprint density at radius 3 is 2.42 bits per heavy atom. The molecule has 4 fully saturated rings. The zero-order chi connectivity index (χ0) is 43.3. The summed E-state index contributed by atoms with van der Waals surface area (Å²) in [5.74, 6) is 0.283. The van der Waals surface area contributed by atoms with Crippen molar-refractivity contribution < 1.29 is 37.1 Å². The minimum Gasteiger partial charge on any atom is -0.378 e. The summed E-state index contributed by atoms with van der Waals surface area (Å²) in [5.41, 5.74) is -1.07. The van der Waals surface area contributed by atoms with Gasteiger partial charge < -0.3 is 9.64 Å². The van der Waals surface area contributed by atoms with E-state index in [4.69, 9.17) is 17.0 Å². The highest BCUT2D eigenvalue weighted by Crippen LogP contribution is 2.41. The van der Waals surface area contributed by atoms with Crippen LogP contribution in [-0.2, 0) is 38.8 Å². The number of alkyl halides is 3. The summed E-state index contributed by atoms with van der Waals surface area (Å²) in [7, 11) is 1.79. The van der Waals surface area contributed by atoms with E-state index in [2.05, 4.69) is 29.2 Å². The molecule has 1 saturated carbocycles. The van der Waals surface area contributed by atoms with Crippen LogP contribution in [-0.4, -0.2) is 97.8 Å². The number of carbonyl (C=O) groups excluding carboxylic acids is 4. The van der Waals surface area contributed by atoms with Crippen molar-refractivity contribution in [2.75, 3.05) is 29.5 Å². The van der Waals surface area contributed by atoms with E-state index in [0.717, 1.165) is 60.7 Å². The zero-order valence-corrected chi connectivity index (χ0v) is 35.4. The molecule has 1 aliphatic carbocycles. The van der Waals surface area contributed by atoms with Gasteiger partial charge in [-0.1, -0.05) is 12.1 Å². The van der Waals surface area contributed by atoms with E-state index in [-0.39, 0.29) is 66.1 Å². The smallest absolute Gasteiger partial charge is 0.378 e. The Kier molecular flexibility index (Phi) is 12.1. The molecule has 4 amide bonds. The number of fused-ring (bicyclic) bond motifs is 1. The minimum absolute atomic E-state index is 0.00860. The fourth-order valence-corrected chi connectivity index (χ4v) is 10.4. The van der Waals surface area contributed by atoms with Crippen molar-refractivity contribution in [3.8, 4) is 6.07 Å². The third-order valence-corrected chi connectivity index (χ3v) is 13.1. The van der Waals surface area contributed by atoms with Gasteiger partial charge in [-0.25, -0.2) is 4.79 Å². The molecule has 3 aromatic rings. The summed E-state index contributed by atoms with van der Waals surface area (Å²) in [6, 6.07) is 10.3. The van der Waals surface area contributed by atoms with Crippen molar-refractivity contribution in [1.82, 2.24) is 24.9 Å². The van der Waals surface area contributed by atoms with E-state index in [1.165, 1.54) is 15.9 Å². The highest BCUT2D eigenvalue weighted by atomic mass is 32.1. The number of urea groups is 1. The number of likely N-dealkylation sites (tertiary alicyclic amines) is 1. The van der Waals surface area contributed by atoms with Crippen LogP contribution in [0.15, 0.2) is 36.4 Å². The summed E-state index contributed by atoms with van der Waals surface area (Å²) >= 11 is 5.76. The maximum atomic E-state index is 13.8. The first-order valence-corrected chi connectivity index (χ1v) is 21.0. The highest BCUT2D eigenvalue weighted by Gasteiger charge is 2.52. The summed E-state index contributed by atoms with van der Waals surface area (Å²) in [6.07, 6.45) is 1.46. The Labute approximate surface area is 352 Å². The molecule has 3 atom stereocenters. The molecule has 320 valence electrons. The van der Waals surface area contributed by atoms with Crippen LogP contribution in [0, 0.1) is 17.2 Å². The number of benzene rings is 2. The number of aryl methyl sites for hydroxylation is 1. The first-order valence-electron chi connectivity index (χ1n) is 20.6. The monoisotopic (exact) mass is 848 g/mol. The first-order chi connectivity index (χ1) is 28.4. The predicted octanol–water partition coefficient (Wildman–Crippen LogP) is 6.64. The molecule has 1 N–H and O–H groups in total. The summed E-state index contributed by atoms with van der Waals surface area (Å²) in [4.78, 5) is 58.3. The number of amides is 4. The number of hydrogen-bond acceptors (Lipinski definition) is 9. The third kappa shape index (κ3) is 8.38. The Balaban J connectivity index is 0.884. The third-order valence-electron chi connectivity index (χ3n) is 12.8. The molecule has 4 aliphatic rings. The van der Waals surface area contributed by atoms with Crippen LogP contribution in [0.2, 0.25) is 0 Å². The molecule has 60 heavy (non-hydrogen) atoms. The number of anilines is 2. The number of halogens is 3. The molecule has 0 spiro atoms. The predicted molar refractivity (Wildman–Crippen MR) is 222 cm³/mol. The number of thiocarbonyl (C=S) groups is 1. The van der Waals surface area contributed by atoms with Gasteiger partial charge in [-0.15, -0.1) is 0 Å². The number of aromatic nitrogens is 2. The van der Waals surface area contributed by atoms with Crippen LogP contribution in [0.4, 0.5) is 29.5 Å². The van der Waals surface area contributed by atoms with Crippen molar-refractivity contribution in [2.24, 2.45) is 13.0 Å². The van der Waals surface area contributed by atoms with Gasteiger partial charge in [0.25, 0.3) is 5.91 Å². The van der Waals surface area contributed by atoms with Crippen molar-refractivity contribution >= 4 is 63.4 Å². The average molecular weight is 849 g/mol. The fraction of sp³-hybridized carbons (Fsp3) is 0.558. The van der Waals surface area contributed by atoms with E-state index >= 15 is 0 Å². The van der Waals surface area contributed by atoms with Gasteiger partial charge in [-0.05, 0) is 121 Å². The van der Waals surface area contributed by atoms with Gasteiger partial charge in [0.15, 0.2) is 16.7 Å². The fourth-order valence-electron chi connectivity index (χ4n) is 9.82. The van der Waals surface area contributed by atoms with Crippen LogP contribution in [0.1, 0.15) is 95.8 Å². The summed E-state index contributed by atoms with van der Waals surface area (Å²) in [6.45, 7) is 9.01. The van der Waals surface area contributed by atoms with Crippen molar-refractivity contribution in [1.29, 1.82) is 5.26 Å². The van der Waals surface area contributed by atoms with Crippen LogP contribution in [0.3, 0.4) is 0 Å². The number of ketones is 1. The van der Waals surface area contributed by atoms with E-state index in [9.17, 15) is 37.6 Å². The van der Waals surface area contributed by atoms with Gasteiger partial charge in [0.05, 0.1) is 41.0 Å². The number of Topliss-reactive ketones (excluding diaryl/α,β-unsaturated/α-hetero) is 1. The van der Waals surface area contributed by atoms with Crippen molar-refractivity contribution in [3.05, 3.63) is 53.1 Å². The van der Waals surface area contributed by atoms with Gasteiger partial charge in [-0.3, -0.25) is 39.1 Å². The van der Waals surface area contributed by atoms with E-state index in [0.29, 0.717) is 37.7 Å². The first kappa shape index (κ1) is 43.2. The number of hydrogen-bond donors (Lipinski definition) is 1. The minimum atomic E-state index is -4.76. The molecule has 1 unspecified atom stereocenters. The quantitative estimate of drug-likeness (QED) is 0.209. The molecule has 3 aliphatic heterocycles.